The van der Waals surface area contributed by atoms with E-state index in [2.05, 4.69) is 44.2 Å². The third kappa shape index (κ3) is 5.00. The number of hydrogen-bond donors (Lipinski definition) is 2. The third-order valence-electron chi connectivity index (χ3n) is 4.07. The maximum absolute atomic E-state index is 4.33. The van der Waals surface area contributed by atoms with Crippen LogP contribution in [0.4, 0.5) is 0 Å². The van der Waals surface area contributed by atoms with E-state index in [0.29, 0.717) is 6.54 Å². The minimum atomic E-state index is 0.677. The fourth-order valence-corrected chi connectivity index (χ4v) is 2.78. The number of aryl methyl sites for hydroxylation is 1. The van der Waals surface area contributed by atoms with Crippen LogP contribution in [0.1, 0.15) is 57.6 Å². The Hall–Kier alpha value is -1.59. The van der Waals surface area contributed by atoms with Crippen molar-refractivity contribution in [1.29, 1.82) is 0 Å². The first-order chi connectivity index (χ1) is 10.7. The fraction of sp³-hybridized carbons (Fsp3) is 0.812. The van der Waals surface area contributed by atoms with Gasteiger partial charge in [0.05, 0.1) is 6.54 Å². The number of hydrogen-bond acceptors (Lipinski definition) is 3. The summed E-state index contributed by atoms with van der Waals surface area (Å²) in [6.45, 7) is 7.18. The molecule has 0 spiro atoms. The number of guanidine groups is 1. The van der Waals surface area contributed by atoms with E-state index in [9.17, 15) is 0 Å². The van der Waals surface area contributed by atoms with Crippen molar-refractivity contribution in [2.24, 2.45) is 10.9 Å². The Balaban J connectivity index is 1.80. The second-order valence-electron chi connectivity index (χ2n) is 6.38. The quantitative estimate of drug-likeness (QED) is 0.480. The minimum absolute atomic E-state index is 0.677. The standard InChI is InChI=1S/C16H30N6/c1-13(2)8-7-10-18-16(17-3)19-12-15-21-20-14-9-5-4-6-11-22(14)15/h13H,4-12H2,1-3H3,(H2,17,18,19). The van der Waals surface area contributed by atoms with Gasteiger partial charge in [0.1, 0.15) is 5.82 Å². The Labute approximate surface area is 133 Å². The molecule has 0 bridgehead atoms. The fourth-order valence-electron chi connectivity index (χ4n) is 2.78. The van der Waals surface area contributed by atoms with Crippen LogP contribution >= 0.6 is 0 Å². The van der Waals surface area contributed by atoms with Crippen molar-refractivity contribution in [2.45, 2.75) is 65.5 Å². The molecule has 0 saturated carbocycles. The maximum atomic E-state index is 4.33. The summed E-state index contributed by atoms with van der Waals surface area (Å²) in [7, 11) is 1.81. The second kappa shape index (κ2) is 8.76. The molecule has 6 nitrogen and oxygen atoms in total. The van der Waals surface area contributed by atoms with Gasteiger partial charge in [-0.05, 0) is 31.6 Å². The van der Waals surface area contributed by atoms with Crippen LogP contribution < -0.4 is 10.6 Å². The van der Waals surface area contributed by atoms with Gasteiger partial charge in [-0.2, -0.15) is 0 Å². The van der Waals surface area contributed by atoms with Crippen LogP contribution in [-0.2, 0) is 19.5 Å². The molecular weight excluding hydrogens is 276 g/mol. The van der Waals surface area contributed by atoms with Gasteiger partial charge in [0.25, 0.3) is 0 Å². The van der Waals surface area contributed by atoms with Gasteiger partial charge < -0.3 is 15.2 Å². The third-order valence-corrected chi connectivity index (χ3v) is 4.07. The van der Waals surface area contributed by atoms with Crippen LogP contribution in [0.3, 0.4) is 0 Å². The maximum Gasteiger partial charge on any atom is 0.191 e. The zero-order chi connectivity index (χ0) is 15.8. The van der Waals surface area contributed by atoms with Crippen molar-refractivity contribution in [1.82, 2.24) is 25.4 Å². The predicted octanol–water partition coefficient (Wildman–Crippen LogP) is 2.11. The number of fused-ring (bicyclic) bond motifs is 1. The molecule has 0 aliphatic carbocycles. The molecule has 0 radical (unpaired) electrons. The minimum Gasteiger partial charge on any atom is -0.356 e. The summed E-state index contributed by atoms with van der Waals surface area (Å²) in [4.78, 5) is 4.27. The molecule has 2 N–H and O–H groups in total. The number of nitrogens with zero attached hydrogens (tertiary/aromatic N) is 4. The molecule has 2 heterocycles. The van der Waals surface area contributed by atoms with Gasteiger partial charge in [-0.3, -0.25) is 4.99 Å². The van der Waals surface area contributed by atoms with E-state index < -0.39 is 0 Å². The summed E-state index contributed by atoms with van der Waals surface area (Å²) < 4.78 is 2.27. The Morgan fingerprint density at radius 3 is 2.86 bits per heavy atom. The van der Waals surface area contributed by atoms with Crippen molar-refractivity contribution in [3.8, 4) is 0 Å². The number of nitrogens with one attached hydrogen (secondary N) is 2. The summed E-state index contributed by atoms with van der Waals surface area (Å²) in [6.07, 6.45) is 7.19. The Morgan fingerprint density at radius 2 is 2.09 bits per heavy atom. The van der Waals surface area contributed by atoms with Gasteiger partial charge in [0.2, 0.25) is 0 Å². The highest BCUT2D eigenvalue weighted by Gasteiger charge is 2.14. The summed E-state index contributed by atoms with van der Waals surface area (Å²) in [5.74, 6) is 3.74. The lowest BCUT2D eigenvalue weighted by Crippen LogP contribution is -2.38. The molecule has 1 aromatic rings. The van der Waals surface area contributed by atoms with E-state index in [1.165, 1.54) is 32.1 Å². The molecule has 0 fully saturated rings. The smallest absolute Gasteiger partial charge is 0.191 e. The van der Waals surface area contributed by atoms with Crippen molar-refractivity contribution < 1.29 is 0 Å². The summed E-state index contributed by atoms with van der Waals surface area (Å²) in [5, 5.41) is 15.4. The van der Waals surface area contributed by atoms with Gasteiger partial charge in [-0.25, -0.2) is 0 Å². The zero-order valence-corrected chi connectivity index (χ0v) is 14.2. The first-order valence-corrected chi connectivity index (χ1v) is 8.56. The highest BCUT2D eigenvalue weighted by atomic mass is 15.3. The van der Waals surface area contributed by atoms with Gasteiger partial charge in [-0.1, -0.05) is 20.3 Å². The highest BCUT2D eigenvalue weighted by Crippen LogP contribution is 2.14. The average molecular weight is 306 g/mol. The molecular formula is C16H30N6. The molecule has 22 heavy (non-hydrogen) atoms. The van der Waals surface area contributed by atoms with E-state index in [4.69, 9.17) is 0 Å². The molecule has 1 aliphatic heterocycles. The van der Waals surface area contributed by atoms with Crippen LogP contribution in [-0.4, -0.2) is 34.3 Å². The molecule has 1 aromatic heterocycles. The lowest BCUT2D eigenvalue weighted by molar-refractivity contribution is 0.548. The Bertz CT molecular complexity index is 477. The molecule has 0 amide bonds. The van der Waals surface area contributed by atoms with Crippen LogP contribution in [0, 0.1) is 5.92 Å². The van der Waals surface area contributed by atoms with Crippen molar-refractivity contribution >= 4 is 5.96 Å². The summed E-state index contributed by atoms with van der Waals surface area (Å²) >= 11 is 0. The van der Waals surface area contributed by atoms with Crippen molar-refractivity contribution in [3.63, 3.8) is 0 Å². The van der Waals surface area contributed by atoms with Gasteiger partial charge in [-0.15, -0.1) is 10.2 Å². The van der Waals surface area contributed by atoms with Crippen LogP contribution in [0.5, 0.6) is 0 Å². The Morgan fingerprint density at radius 1 is 1.23 bits per heavy atom. The molecule has 124 valence electrons. The van der Waals surface area contributed by atoms with Crippen LogP contribution in [0.2, 0.25) is 0 Å². The number of aliphatic imine (C=N–C) groups is 1. The molecule has 0 aromatic carbocycles. The molecule has 0 saturated heterocycles. The van der Waals surface area contributed by atoms with Gasteiger partial charge in [0, 0.05) is 26.6 Å². The summed E-state index contributed by atoms with van der Waals surface area (Å²) in [6, 6.07) is 0. The van der Waals surface area contributed by atoms with Crippen LogP contribution in [0.15, 0.2) is 4.99 Å². The average Bonchev–Trinajstić information content (AvgIpc) is 2.73. The largest absolute Gasteiger partial charge is 0.356 e. The van der Waals surface area contributed by atoms with E-state index >= 15 is 0 Å². The van der Waals surface area contributed by atoms with Crippen molar-refractivity contribution in [3.05, 3.63) is 11.6 Å². The molecule has 6 heteroatoms. The summed E-state index contributed by atoms with van der Waals surface area (Å²) in [5.41, 5.74) is 0. The van der Waals surface area contributed by atoms with Gasteiger partial charge >= 0.3 is 0 Å². The van der Waals surface area contributed by atoms with E-state index in [1.54, 1.807) is 0 Å². The lowest BCUT2D eigenvalue weighted by atomic mass is 10.1. The monoisotopic (exact) mass is 306 g/mol. The molecule has 2 rings (SSSR count). The Kier molecular flexibility index (Phi) is 6.68. The lowest BCUT2D eigenvalue weighted by Gasteiger charge is -2.13. The van der Waals surface area contributed by atoms with E-state index in [-0.39, 0.29) is 0 Å². The molecule has 0 unspecified atom stereocenters. The van der Waals surface area contributed by atoms with Crippen LogP contribution in [0.25, 0.3) is 0 Å². The topological polar surface area (TPSA) is 67.1 Å². The first-order valence-electron chi connectivity index (χ1n) is 8.56. The van der Waals surface area contributed by atoms with E-state index in [0.717, 1.165) is 43.0 Å². The number of rotatable bonds is 6. The molecule has 0 atom stereocenters. The predicted molar refractivity (Wildman–Crippen MR) is 89.9 cm³/mol. The second-order valence-corrected chi connectivity index (χ2v) is 6.38. The first kappa shape index (κ1) is 16.8. The highest BCUT2D eigenvalue weighted by molar-refractivity contribution is 5.79. The SMILES string of the molecule is CN=C(NCCCC(C)C)NCc1nnc2n1CCCCC2. The normalized spacial score (nSPS) is 15.5. The number of aromatic nitrogens is 3. The molecule has 1 aliphatic rings. The van der Waals surface area contributed by atoms with Crippen molar-refractivity contribution in [2.75, 3.05) is 13.6 Å². The van der Waals surface area contributed by atoms with E-state index in [1.807, 2.05) is 7.05 Å². The zero-order valence-electron chi connectivity index (χ0n) is 14.2. The van der Waals surface area contributed by atoms with Gasteiger partial charge in [0.15, 0.2) is 11.8 Å².